The third kappa shape index (κ3) is 158. The average Bonchev–Trinajstić information content (AvgIpc) is 2.80. The molecule has 0 rings (SSSR count). The Kier molecular flexibility index (Phi) is 117. The average molecular weight is 1220 g/mol. The first-order valence-electron chi connectivity index (χ1n) is 15.6. The maximum Gasteiger partial charge on any atom is 2.00 e. The number of thiocarbonyl (C=S) groups is 3. The quantitative estimate of drug-likeness (QED) is 0.180. The molecule has 0 saturated carbocycles. The molecule has 0 aliphatic carbocycles. The van der Waals surface area contributed by atoms with Crippen molar-refractivity contribution in [1.82, 2.24) is 19.6 Å². The fraction of sp³-hybridized carbons (Fsp3) is 0.750. The molecule has 0 heterocycles. The summed E-state index contributed by atoms with van der Waals surface area (Å²) in [5.74, 6) is 8.50. The van der Waals surface area contributed by atoms with E-state index in [1.54, 1.807) is 0 Å². The predicted octanol–water partition coefficient (Wildman–Crippen LogP) is 0.172. The van der Waals surface area contributed by atoms with E-state index < -0.39 is 0 Å². The fourth-order valence-electron chi connectivity index (χ4n) is 1.48. The van der Waals surface area contributed by atoms with Crippen LogP contribution in [0.4, 0.5) is 0 Å². The molecule has 0 aromatic rings. The van der Waals surface area contributed by atoms with E-state index in [4.69, 9.17) is 74.5 Å². The standard InChI is InChI=1S/C12H24N4S6.6C4H9.3ClH.3Sn/c1-13(10(17)18)4-7-16(8-5-14(2)11(19)20)9-6-15(3)12(21)22;6*1-4(2)3;;;;;;/h4-9H2,1-3H3,(H,17,18)(H,19,20)(H,21,22);6*1-3H3;3*1H;;;/q;;;;;;;;;;3*+2/p-6. The molecule has 0 aromatic carbocycles. The third-order valence-corrected chi connectivity index (χ3v) is 5.06. The van der Waals surface area contributed by atoms with Crippen molar-refractivity contribution in [2.24, 2.45) is 0 Å². The Labute approximate surface area is 431 Å². The Morgan fingerprint density at radius 2 is 0.423 bits per heavy atom. The molecule has 0 unspecified atom stereocenters. The monoisotopic (exact) mass is 1220 g/mol. The summed E-state index contributed by atoms with van der Waals surface area (Å²) >= 11 is 30.0. The molecule has 0 bridgehead atoms. The molecule has 16 heteroatoms. The van der Waals surface area contributed by atoms with Gasteiger partial charge in [-0.05, 0) is 35.5 Å². The first-order valence-corrected chi connectivity index (χ1v) is 18.1. The summed E-state index contributed by atoms with van der Waals surface area (Å²) < 4.78 is 1.44. The first kappa shape index (κ1) is 91.3. The van der Waals surface area contributed by atoms with Gasteiger partial charge >= 0.3 is 71.7 Å². The zero-order chi connectivity index (χ0) is 38.7. The van der Waals surface area contributed by atoms with Crippen molar-refractivity contribution >= 4 is 159 Å². The molecule has 0 aromatic heterocycles. The zero-order valence-corrected chi connectivity index (χ0v) is 52.3. The minimum Gasteiger partial charge on any atom is -1.00 e. The summed E-state index contributed by atoms with van der Waals surface area (Å²) in [7, 11) is 5.72. The van der Waals surface area contributed by atoms with Crippen molar-refractivity contribution in [2.75, 3.05) is 60.4 Å². The van der Waals surface area contributed by atoms with Crippen molar-refractivity contribution in [1.29, 1.82) is 0 Å². The summed E-state index contributed by atoms with van der Waals surface area (Å²) in [6.45, 7) is 42.4. The minimum absolute atomic E-state index is 0. The molecule has 0 atom stereocenters. The summed E-state index contributed by atoms with van der Waals surface area (Å²) in [6.07, 6.45) is 0. The van der Waals surface area contributed by atoms with Crippen LogP contribution in [0.15, 0.2) is 0 Å². The van der Waals surface area contributed by atoms with Gasteiger partial charge < -0.3 is 126 Å². The van der Waals surface area contributed by atoms with Gasteiger partial charge in [0.15, 0.2) is 0 Å². The van der Waals surface area contributed by atoms with E-state index in [0.717, 1.165) is 39.3 Å². The number of likely N-dealkylation sites (N-methyl/N-ethyl adjacent to an activating group) is 3. The molecule has 0 fully saturated rings. The Balaban J connectivity index is -0.0000000381. The van der Waals surface area contributed by atoms with E-state index >= 15 is 0 Å². The van der Waals surface area contributed by atoms with E-state index in [1.165, 1.54) is 35.5 Å². The van der Waals surface area contributed by atoms with Crippen LogP contribution < -0.4 is 37.2 Å². The second-order valence-corrected chi connectivity index (χ2v) is 17.0. The van der Waals surface area contributed by atoms with Crippen LogP contribution in [-0.2, 0) is 37.9 Å². The van der Waals surface area contributed by atoms with Crippen molar-refractivity contribution in [3.8, 4) is 0 Å². The molecule has 308 valence electrons. The first-order chi connectivity index (χ1) is 20.5. The van der Waals surface area contributed by atoms with E-state index in [1.807, 2.05) is 35.8 Å². The Bertz CT molecular complexity index is 555. The maximum atomic E-state index is 5.00. The van der Waals surface area contributed by atoms with E-state index in [2.05, 4.69) is 130 Å². The molecule has 0 N–H and O–H groups in total. The van der Waals surface area contributed by atoms with Crippen LogP contribution in [0.3, 0.4) is 0 Å². The predicted molar refractivity (Wildman–Crippen MR) is 253 cm³/mol. The van der Waals surface area contributed by atoms with Crippen LogP contribution in [-0.4, -0.2) is 165 Å². The molecule has 0 aliphatic heterocycles. The summed E-state index contributed by atoms with van der Waals surface area (Å²) in [5.41, 5.74) is 0. The van der Waals surface area contributed by atoms with E-state index in [9.17, 15) is 0 Å². The smallest absolute Gasteiger partial charge is 1.00 e. The van der Waals surface area contributed by atoms with Crippen LogP contribution >= 0.6 is 36.7 Å². The normalized spacial score (nSPS) is 8.54. The second-order valence-electron chi connectivity index (χ2n) is 13.9. The molecular formula is C36H75Cl3N4S6Sn3. The molecular weight excluding hydrogens is 1140 g/mol. The summed E-state index contributed by atoms with van der Waals surface area (Å²) in [6, 6.07) is 0. The molecule has 0 saturated heterocycles. The number of nitrogens with zero attached hydrogens (tertiary/aromatic N) is 4. The van der Waals surface area contributed by atoms with Gasteiger partial charge in [-0.3, -0.25) is 4.90 Å². The van der Waals surface area contributed by atoms with Crippen LogP contribution in [0.5, 0.6) is 0 Å². The van der Waals surface area contributed by atoms with Crippen molar-refractivity contribution in [3.63, 3.8) is 0 Å². The third-order valence-electron chi connectivity index (χ3n) is 3.19. The topological polar surface area (TPSA) is 13.0 Å². The van der Waals surface area contributed by atoms with Gasteiger partial charge in [-0.25, -0.2) is 0 Å². The van der Waals surface area contributed by atoms with Gasteiger partial charge in [0.25, 0.3) is 0 Å². The van der Waals surface area contributed by atoms with Gasteiger partial charge in [0, 0.05) is 60.4 Å². The zero-order valence-electron chi connectivity index (χ0n) is 36.6. The van der Waals surface area contributed by atoms with Gasteiger partial charge in [0.1, 0.15) is 0 Å². The summed E-state index contributed by atoms with van der Waals surface area (Å²) in [5, 5.41) is 0. The molecule has 52 heavy (non-hydrogen) atoms. The molecule has 4 nitrogen and oxygen atoms in total. The van der Waals surface area contributed by atoms with Gasteiger partial charge in [-0.1, -0.05) is 138 Å². The Morgan fingerprint density at radius 3 is 0.500 bits per heavy atom. The van der Waals surface area contributed by atoms with Crippen LogP contribution in [0.2, 0.25) is 0 Å². The molecule has 0 spiro atoms. The Hall–Kier alpha value is 3.56. The van der Waals surface area contributed by atoms with Crippen molar-refractivity contribution in [3.05, 3.63) is 35.5 Å². The minimum atomic E-state index is 0. The van der Waals surface area contributed by atoms with E-state index in [0.29, 0.717) is 13.0 Å². The van der Waals surface area contributed by atoms with Gasteiger partial charge in [-0.15, -0.1) is 0 Å². The van der Waals surface area contributed by atoms with Crippen LogP contribution in [0, 0.1) is 35.5 Å². The van der Waals surface area contributed by atoms with E-state index in [-0.39, 0.29) is 109 Å². The number of rotatable bonds is 9. The number of hydrogen-bond acceptors (Lipinski definition) is 7. The SMILES string of the molecule is CN(CCN(CCN(C)C(=S)[S-])CCN(C)C(=S)[S-])C(=S)[S-].C[C](C)C.C[C](C)C.C[C](C)C.C[C](C)C.C[C](C)C.C[C](C)C.[Cl-].[Cl-].[Cl-].[Sn+2].[Sn+2].[Sn+2]. The fourth-order valence-corrected chi connectivity index (χ4v) is 2.03. The maximum absolute atomic E-state index is 5.00. The molecule has 0 amide bonds. The van der Waals surface area contributed by atoms with Crippen LogP contribution in [0.1, 0.15) is 125 Å². The molecule has 0 aliphatic rings. The number of halogens is 3. The van der Waals surface area contributed by atoms with Gasteiger partial charge in [0.2, 0.25) is 0 Å². The Morgan fingerprint density at radius 1 is 0.327 bits per heavy atom. The number of hydrogen-bond donors (Lipinski definition) is 0. The second kappa shape index (κ2) is 66.4. The van der Waals surface area contributed by atoms with Gasteiger partial charge in [-0.2, -0.15) is 0 Å². The molecule has 12 radical (unpaired) electrons. The van der Waals surface area contributed by atoms with Gasteiger partial charge in [0.05, 0.1) is 0 Å². The van der Waals surface area contributed by atoms with Crippen molar-refractivity contribution in [2.45, 2.75) is 125 Å². The van der Waals surface area contributed by atoms with Crippen LogP contribution in [0.25, 0.3) is 0 Å². The van der Waals surface area contributed by atoms with Crippen molar-refractivity contribution < 1.29 is 37.2 Å². The summed E-state index contributed by atoms with van der Waals surface area (Å²) in [4.78, 5) is 7.97. The largest absolute Gasteiger partial charge is 2.00 e.